The maximum absolute atomic E-state index is 12.5. The maximum atomic E-state index is 12.5. The Morgan fingerprint density at radius 2 is 2.11 bits per heavy atom. The molecule has 8 nitrogen and oxygen atoms in total. The van der Waals surface area contributed by atoms with Gasteiger partial charge in [0.2, 0.25) is 0 Å². The van der Waals surface area contributed by atoms with Gasteiger partial charge in [0.15, 0.2) is 0 Å². The van der Waals surface area contributed by atoms with Crippen molar-refractivity contribution >= 4 is 23.1 Å². The van der Waals surface area contributed by atoms with E-state index in [1.807, 2.05) is 36.6 Å². The Morgan fingerprint density at radius 1 is 1.37 bits per heavy atom. The smallest absolute Gasteiger partial charge is 0.389 e. The highest BCUT2D eigenvalue weighted by Crippen LogP contribution is 2.20. The number of hydrogen-bond donors (Lipinski definition) is 1. The van der Waals surface area contributed by atoms with Gasteiger partial charge in [0.25, 0.3) is 5.91 Å². The normalized spacial score (nSPS) is 11.8. The lowest BCUT2D eigenvalue weighted by Crippen LogP contribution is -2.25. The van der Waals surface area contributed by atoms with E-state index in [0.29, 0.717) is 11.4 Å². The molecule has 140 valence electrons. The molecule has 3 rings (SSSR count). The third-order valence-electron chi connectivity index (χ3n) is 4.00. The molecule has 0 aliphatic carbocycles. The number of ether oxygens (including phenoxy) is 1. The van der Waals surface area contributed by atoms with E-state index in [-0.39, 0.29) is 17.8 Å². The fourth-order valence-corrected chi connectivity index (χ4v) is 3.35. The quantitative estimate of drug-likeness (QED) is 0.496. The molecule has 0 saturated carbocycles. The van der Waals surface area contributed by atoms with Crippen LogP contribution >= 0.6 is 11.3 Å². The highest BCUT2D eigenvalue weighted by atomic mass is 32.1. The van der Waals surface area contributed by atoms with Gasteiger partial charge in [-0.05, 0) is 46.6 Å². The van der Waals surface area contributed by atoms with E-state index in [2.05, 4.69) is 10.4 Å². The molecule has 0 radical (unpaired) electrons. The Bertz CT molecular complexity index is 948. The van der Waals surface area contributed by atoms with Gasteiger partial charge in [0, 0.05) is 0 Å². The van der Waals surface area contributed by atoms with Crippen molar-refractivity contribution in [3.05, 3.63) is 74.1 Å². The van der Waals surface area contributed by atoms with Crippen LogP contribution in [0.25, 0.3) is 0 Å². The molecule has 1 unspecified atom stereocenters. The number of carbonyl (C=O) groups is 1. The summed E-state index contributed by atoms with van der Waals surface area (Å²) in [7, 11) is 1.61. The number of thiophene rings is 1. The summed E-state index contributed by atoms with van der Waals surface area (Å²) in [6.07, 6.45) is 1.54. The molecule has 2 heterocycles. The van der Waals surface area contributed by atoms with Gasteiger partial charge in [0.05, 0.1) is 41.9 Å². The SMILES string of the molecule is COc1ccc(C(C)NC(=O)c2cc(Cn3ccc([N+](=O)[O-])n3)cs2)cc1. The molecule has 0 aliphatic heterocycles. The van der Waals surface area contributed by atoms with Crippen molar-refractivity contribution in [1.29, 1.82) is 0 Å². The monoisotopic (exact) mass is 386 g/mol. The van der Waals surface area contributed by atoms with Gasteiger partial charge in [-0.25, -0.2) is 0 Å². The van der Waals surface area contributed by atoms with Gasteiger partial charge in [-0.2, -0.15) is 4.68 Å². The van der Waals surface area contributed by atoms with Crippen molar-refractivity contribution in [3.8, 4) is 5.75 Å². The lowest BCUT2D eigenvalue weighted by molar-refractivity contribution is -0.389. The summed E-state index contributed by atoms with van der Waals surface area (Å²) >= 11 is 1.33. The first-order chi connectivity index (χ1) is 13.0. The highest BCUT2D eigenvalue weighted by molar-refractivity contribution is 7.12. The second-order valence-electron chi connectivity index (χ2n) is 5.92. The number of nitrogens with zero attached hydrogens (tertiary/aromatic N) is 3. The van der Waals surface area contributed by atoms with Crippen LogP contribution in [0.1, 0.15) is 33.8 Å². The van der Waals surface area contributed by atoms with Crippen molar-refractivity contribution in [2.75, 3.05) is 7.11 Å². The number of aromatic nitrogens is 2. The van der Waals surface area contributed by atoms with Crippen LogP contribution in [-0.2, 0) is 6.54 Å². The lowest BCUT2D eigenvalue weighted by Gasteiger charge is -2.14. The van der Waals surface area contributed by atoms with E-state index in [4.69, 9.17) is 4.74 Å². The lowest BCUT2D eigenvalue weighted by atomic mass is 10.1. The molecule has 0 bridgehead atoms. The number of carbonyl (C=O) groups excluding carboxylic acids is 1. The summed E-state index contributed by atoms with van der Waals surface area (Å²) in [5.41, 5.74) is 1.84. The van der Waals surface area contributed by atoms with Gasteiger partial charge in [-0.3, -0.25) is 4.79 Å². The van der Waals surface area contributed by atoms with Crippen LogP contribution in [0.4, 0.5) is 5.82 Å². The van der Waals surface area contributed by atoms with Crippen molar-refractivity contribution in [3.63, 3.8) is 0 Å². The molecule has 1 aromatic carbocycles. The minimum Gasteiger partial charge on any atom is -0.497 e. The second kappa shape index (κ2) is 8.00. The fourth-order valence-electron chi connectivity index (χ4n) is 2.54. The van der Waals surface area contributed by atoms with Crippen LogP contribution in [-0.4, -0.2) is 27.7 Å². The number of methoxy groups -OCH3 is 1. The third-order valence-corrected chi connectivity index (χ3v) is 4.98. The largest absolute Gasteiger partial charge is 0.497 e. The molecule has 2 aromatic heterocycles. The van der Waals surface area contributed by atoms with Crippen molar-refractivity contribution in [2.45, 2.75) is 19.5 Å². The Kier molecular flexibility index (Phi) is 5.51. The summed E-state index contributed by atoms with van der Waals surface area (Å²) in [4.78, 5) is 23.2. The Balaban J connectivity index is 1.62. The van der Waals surface area contributed by atoms with E-state index < -0.39 is 4.92 Å². The molecular formula is C18H18N4O4S. The number of hydrogen-bond acceptors (Lipinski definition) is 6. The van der Waals surface area contributed by atoms with E-state index in [1.165, 1.54) is 22.1 Å². The average molecular weight is 386 g/mol. The third kappa shape index (κ3) is 4.50. The molecule has 0 aliphatic rings. The maximum Gasteiger partial charge on any atom is 0.389 e. The van der Waals surface area contributed by atoms with E-state index in [1.54, 1.807) is 19.4 Å². The van der Waals surface area contributed by atoms with Crippen LogP contribution in [0.3, 0.4) is 0 Å². The van der Waals surface area contributed by atoms with Crippen LogP contribution in [0.15, 0.2) is 48.0 Å². The van der Waals surface area contributed by atoms with Gasteiger partial charge in [-0.15, -0.1) is 11.3 Å². The first-order valence-electron chi connectivity index (χ1n) is 8.16. The summed E-state index contributed by atoms with van der Waals surface area (Å²) in [5, 5.41) is 19.4. The van der Waals surface area contributed by atoms with Gasteiger partial charge >= 0.3 is 5.82 Å². The van der Waals surface area contributed by atoms with Gasteiger partial charge in [-0.1, -0.05) is 12.1 Å². The van der Waals surface area contributed by atoms with Crippen molar-refractivity contribution in [1.82, 2.24) is 15.1 Å². The van der Waals surface area contributed by atoms with Crippen LogP contribution in [0.2, 0.25) is 0 Å². The number of benzene rings is 1. The minimum atomic E-state index is -0.538. The standard InChI is InChI=1S/C18H18N4O4S/c1-12(14-3-5-15(26-2)6-4-14)19-18(23)16-9-13(11-27-16)10-21-8-7-17(20-21)22(24)25/h3-9,11-12H,10H2,1-2H3,(H,19,23). The predicted octanol–water partition coefficient (Wildman–Crippen LogP) is 3.40. The van der Waals surface area contributed by atoms with Crippen molar-refractivity contribution in [2.24, 2.45) is 0 Å². The molecule has 0 fully saturated rings. The van der Waals surface area contributed by atoms with Crippen LogP contribution < -0.4 is 10.1 Å². The Labute approximate surface area is 159 Å². The summed E-state index contributed by atoms with van der Waals surface area (Å²) in [6, 6.07) is 10.5. The number of amides is 1. The minimum absolute atomic E-state index is 0.150. The molecule has 1 N–H and O–H groups in total. The number of nitro groups is 1. The molecule has 3 aromatic rings. The summed E-state index contributed by atoms with van der Waals surface area (Å²) in [6.45, 7) is 2.28. The van der Waals surface area contributed by atoms with Gasteiger partial charge in [0.1, 0.15) is 5.75 Å². The molecule has 1 atom stereocenters. The Hall–Kier alpha value is -3.20. The second-order valence-corrected chi connectivity index (χ2v) is 6.83. The van der Waals surface area contributed by atoms with Crippen molar-refractivity contribution < 1.29 is 14.5 Å². The average Bonchev–Trinajstić information content (AvgIpc) is 3.32. The fraction of sp³-hybridized carbons (Fsp3) is 0.222. The van der Waals surface area contributed by atoms with Crippen LogP contribution in [0, 0.1) is 10.1 Å². The topological polar surface area (TPSA) is 99.3 Å². The number of rotatable bonds is 7. The molecule has 9 heteroatoms. The van der Waals surface area contributed by atoms with E-state index in [9.17, 15) is 14.9 Å². The molecule has 0 saturated heterocycles. The van der Waals surface area contributed by atoms with Crippen LogP contribution in [0.5, 0.6) is 5.75 Å². The van der Waals surface area contributed by atoms with Gasteiger partial charge < -0.3 is 20.2 Å². The molecule has 0 spiro atoms. The highest BCUT2D eigenvalue weighted by Gasteiger charge is 2.15. The zero-order valence-corrected chi connectivity index (χ0v) is 15.6. The zero-order chi connectivity index (χ0) is 19.4. The molecular weight excluding hydrogens is 368 g/mol. The summed E-state index contributed by atoms with van der Waals surface area (Å²) < 4.78 is 6.61. The molecule has 1 amide bonds. The predicted molar refractivity (Wildman–Crippen MR) is 101 cm³/mol. The Morgan fingerprint density at radius 3 is 2.74 bits per heavy atom. The number of nitrogens with one attached hydrogen (secondary N) is 1. The zero-order valence-electron chi connectivity index (χ0n) is 14.8. The molecule has 27 heavy (non-hydrogen) atoms. The first kappa shape index (κ1) is 18.6. The van der Waals surface area contributed by atoms with E-state index in [0.717, 1.165) is 16.9 Å². The van der Waals surface area contributed by atoms with E-state index >= 15 is 0 Å². The first-order valence-corrected chi connectivity index (χ1v) is 9.04. The summed E-state index contributed by atoms with van der Waals surface area (Å²) in [5.74, 6) is 0.400.